The van der Waals surface area contributed by atoms with Crippen molar-refractivity contribution in [2.45, 2.75) is 91.2 Å². The average Bonchev–Trinajstić information content (AvgIpc) is 3.00. The molecule has 1 heterocycles. The molecule has 4 nitrogen and oxygen atoms in total. The Morgan fingerprint density at radius 2 is 2.00 bits per heavy atom. The van der Waals surface area contributed by atoms with Crippen molar-refractivity contribution in [3.8, 4) is 0 Å². The quantitative estimate of drug-likeness (QED) is 0.718. The molecule has 1 aliphatic heterocycles. The number of fused-ring (bicyclic) bond motifs is 5. The SMILES string of the molecule is CCC(C)(C)NC(=O)[C@H]1C[C@H]2[C@@H]3CC[C@H]4OC(=O)C=C[C@]4(C)[C@H]3CC[C@]2(C)C1. The molecule has 0 aromatic heterocycles. The zero-order valence-corrected chi connectivity index (χ0v) is 18.2. The molecule has 3 fully saturated rings. The van der Waals surface area contributed by atoms with E-state index in [1.807, 2.05) is 0 Å². The monoisotopic (exact) mass is 387 g/mol. The van der Waals surface area contributed by atoms with Gasteiger partial charge in [-0.05, 0) is 82.0 Å². The molecule has 3 aliphatic carbocycles. The summed E-state index contributed by atoms with van der Waals surface area (Å²) in [5.41, 5.74) is 0.108. The molecule has 156 valence electrons. The van der Waals surface area contributed by atoms with Crippen LogP contribution in [0.1, 0.15) is 79.6 Å². The molecule has 4 aliphatic rings. The Hall–Kier alpha value is -1.32. The maximum absolute atomic E-state index is 13.0. The predicted octanol–water partition coefficient (Wildman–Crippen LogP) is 4.63. The van der Waals surface area contributed by atoms with E-state index in [-0.39, 0.29) is 40.3 Å². The molecule has 4 rings (SSSR count). The van der Waals surface area contributed by atoms with Gasteiger partial charge in [-0.15, -0.1) is 0 Å². The molecule has 0 radical (unpaired) electrons. The number of carbonyl (C=O) groups excluding carboxylic acids is 2. The van der Waals surface area contributed by atoms with E-state index in [9.17, 15) is 9.59 Å². The van der Waals surface area contributed by atoms with E-state index in [4.69, 9.17) is 4.74 Å². The Labute approximate surface area is 169 Å². The Morgan fingerprint density at radius 1 is 1.25 bits per heavy atom. The van der Waals surface area contributed by atoms with Gasteiger partial charge in [0.05, 0.1) is 0 Å². The molecule has 4 heteroatoms. The Bertz CT molecular complexity index is 698. The molecule has 28 heavy (non-hydrogen) atoms. The third-order valence-electron chi connectivity index (χ3n) is 9.01. The predicted molar refractivity (Wildman–Crippen MR) is 109 cm³/mol. The van der Waals surface area contributed by atoms with E-state index in [1.165, 1.54) is 12.8 Å². The molecular formula is C24H37NO3. The van der Waals surface area contributed by atoms with Crippen LogP contribution in [0, 0.1) is 34.5 Å². The minimum Gasteiger partial charge on any atom is -0.458 e. The van der Waals surface area contributed by atoms with Gasteiger partial charge in [-0.1, -0.05) is 26.8 Å². The second-order valence-electron chi connectivity index (χ2n) is 11.1. The Morgan fingerprint density at radius 3 is 2.71 bits per heavy atom. The molecule has 0 spiro atoms. The number of carbonyl (C=O) groups is 2. The van der Waals surface area contributed by atoms with E-state index < -0.39 is 0 Å². The van der Waals surface area contributed by atoms with Crippen LogP contribution < -0.4 is 5.32 Å². The van der Waals surface area contributed by atoms with E-state index in [0.29, 0.717) is 17.8 Å². The summed E-state index contributed by atoms with van der Waals surface area (Å²) in [6.45, 7) is 11.1. The maximum atomic E-state index is 13.0. The van der Waals surface area contributed by atoms with Crippen LogP contribution in [0.2, 0.25) is 0 Å². The molecule has 1 amide bonds. The van der Waals surface area contributed by atoms with Crippen LogP contribution in [0.25, 0.3) is 0 Å². The molecule has 7 atom stereocenters. The number of amides is 1. The van der Waals surface area contributed by atoms with Crippen LogP contribution in [0.5, 0.6) is 0 Å². The van der Waals surface area contributed by atoms with Gasteiger partial charge in [-0.25, -0.2) is 4.79 Å². The molecule has 0 saturated heterocycles. The minimum absolute atomic E-state index is 0.0291. The molecule has 0 bridgehead atoms. The number of hydrogen-bond acceptors (Lipinski definition) is 3. The zero-order valence-electron chi connectivity index (χ0n) is 18.2. The molecule has 0 aromatic carbocycles. The van der Waals surface area contributed by atoms with Crippen molar-refractivity contribution in [1.29, 1.82) is 0 Å². The summed E-state index contributed by atoms with van der Waals surface area (Å²) in [5.74, 6) is 2.02. The lowest BCUT2D eigenvalue weighted by Gasteiger charge is -2.57. The van der Waals surface area contributed by atoms with Gasteiger partial charge in [0.25, 0.3) is 0 Å². The lowest BCUT2D eigenvalue weighted by atomic mass is 9.49. The lowest BCUT2D eigenvalue weighted by molar-refractivity contribution is -0.166. The van der Waals surface area contributed by atoms with Gasteiger partial charge in [0.1, 0.15) is 6.10 Å². The zero-order chi connectivity index (χ0) is 20.3. The number of nitrogens with one attached hydrogen (secondary N) is 1. The second kappa shape index (κ2) is 6.60. The van der Waals surface area contributed by atoms with Crippen LogP contribution in [-0.2, 0) is 14.3 Å². The summed E-state index contributed by atoms with van der Waals surface area (Å²) in [4.78, 5) is 24.8. The fourth-order valence-corrected chi connectivity index (χ4v) is 6.98. The number of hydrogen-bond donors (Lipinski definition) is 1. The van der Waals surface area contributed by atoms with Crippen molar-refractivity contribution in [2.24, 2.45) is 34.5 Å². The normalized spacial score (nSPS) is 44.9. The number of ether oxygens (including phenoxy) is 1. The van der Waals surface area contributed by atoms with E-state index in [1.54, 1.807) is 6.08 Å². The summed E-state index contributed by atoms with van der Waals surface area (Å²) >= 11 is 0. The highest BCUT2D eigenvalue weighted by Gasteiger charge is 2.60. The standard InChI is InChI=1S/C24H37NO3/c1-6-22(2,3)25-21(27)15-13-18-16-7-8-19-24(5,12-10-20(26)28-19)17(16)9-11-23(18,4)14-15/h10,12,15-19H,6-9,11,13-14H2,1-5H3,(H,25,27)/t15-,16+,17-,18-,19+,23+,24+/m0/s1. The highest BCUT2D eigenvalue weighted by molar-refractivity contribution is 5.83. The topological polar surface area (TPSA) is 55.4 Å². The summed E-state index contributed by atoms with van der Waals surface area (Å²) in [7, 11) is 0. The van der Waals surface area contributed by atoms with Gasteiger partial charge in [0.2, 0.25) is 5.91 Å². The Balaban J connectivity index is 1.54. The fraction of sp³-hybridized carbons (Fsp3) is 0.833. The largest absolute Gasteiger partial charge is 0.458 e. The summed E-state index contributed by atoms with van der Waals surface area (Å²) in [5, 5.41) is 3.30. The molecule has 1 N–H and O–H groups in total. The Kier molecular flexibility index (Phi) is 4.71. The van der Waals surface area contributed by atoms with Gasteiger partial charge >= 0.3 is 5.97 Å². The second-order valence-corrected chi connectivity index (χ2v) is 11.1. The minimum atomic E-state index is -0.183. The third-order valence-corrected chi connectivity index (χ3v) is 9.01. The number of esters is 1. The van der Waals surface area contributed by atoms with Crippen LogP contribution in [0.4, 0.5) is 0 Å². The average molecular weight is 388 g/mol. The first kappa shape index (κ1) is 20.0. The highest BCUT2D eigenvalue weighted by atomic mass is 16.5. The van der Waals surface area contributed by atoms with Gasteiger partial charge in [0, 0.05) is 22.9 Å². The van der Waals surface area contributed by atoms with Crippen molar-refractivity contribution < 1.29 is 14.3 Å². The maximum Gasteiger partial charge on any atom is 0.330 e. The van der Waals surface area contributed by atoms with Crippen molar-refractivity contribution in [1.82, 2.24) is 5.32 Å². The lowest BCUT2D eigenvalue weighted by Crippen LogP contribution is -2.54. The van der Waals surface area contributed by atoms with Crippen molar-refractivity contribution in [2.75, 3.05) is 0 Å². The molecule has 0 aromatic rings. The van der Waals surface area contributed by atoms with E-state index in [2.05, 4.69) is 46.0 Å². The highest BCUT2D eigenvalue weighted by Crippen LogP contribution is 2.64. The summed E-state index contributed by atoms with van der Waals surface area (Å²) in [6.07, 6.45) is 11.3. The van der Waals surface area contributed by atoms with Crippen LogP contribution in [-0.4, -0.2) is 23.5 Å². The van der Waals surface area contributed by atoms with Crippen molar-refractivity contribution in [3.05, 3.63) is 12.2 Å². The van der Waals surface area contributed by atoms with Gasteiger partial charge in [0.15, 0.2) is 0 Å². The first-order valence-electron chi connectivity index (χ1n) is 11.3. The smallest absolute Gasteiger partial charge is 0.330 e. The van der Waals surface area contributed by atoms with E-state index >= 15 is 0 Å². The van der Waals surface area contributed by atoms with Gasteiger partial charge in [-0.2, -0.15) is 0 Å². The first-order valence-corrected chi connectivity index (χ1v) is 11.3. The van der Waals surface area contributed by atoms with Crippen LogP contribution >= 0.6 is 0 Å². The van der Waals surface area contributed by atoms with Crippen molar-refractivity contribution in [3.63, 3.8) is 0 Å². The first-order chi connectivity index (χ1) is 13.1. The van der Waals surface area contributed by atoms with E-state index in [0.717, 1.165) is 32.1 Å². The van der Waals surface area contributed by atoms with Crippen LogP contribution in [0.3, 0.4) is 0 Å². The molecule has 3 saturated carbocycles. The molecular weight excluding hydrogens is 350 g/mol. The number of rotatable bonds is 3. The molecule has 0 unspecified atom stereocenters. The summed E-state index contributed by atoms with van der Waals surface area (Å²) in [6, 6.07) is 0. The van der Waals surface area contributed by atoms with Crippen molar-refractivity contribution >= 4 is 11.9 Å². The third kappa shape index (κ3) is 3.11. The van der Waals surface area contributed by atoms with Crippen LogP contribution in [0.15, 0.2) is 12.2 Å². The fourth-order valence-electron chi connectivity index (χ4n) is 6.98. The van der Waals surface area contributed by atoms with Gasteiger partial charge in [-0.3, -0.25) is 4.79 Å². The van der Waals surface area contributed by atoms with Gasteiger partial charge < -0.3 is 10.1 Å². The summed E-state index contributed by atoms with van der Waals surface area (Å²) < 4.78 is 5.72.